The molecule has 2 aromatic carbocycles. The Labute approximate surface area is 145 Å². The number of carbonyl (C=O) groups is 1. The summed E-state index contributed by atoms with van der Waals surface area (Å²) >= 11 is 1.46. The van der Waals surface area contributed by atoms with Gasteiger partial charge in [0.25, 0.3) is 0 Å². The number of rotatable bonds is 4. The molecule has 0 aliphatic rings. The number of thioether (sulfide) groups is 1. The summed E-state index contributed by atoms with van der Waals surface area (Å²) in [5, 5.41) is 1.82. The monoisotopic (exact) mass is 337 g/mol. The highest BCUT2D eigenvalue weighted by molar-refractivity contribution is 8.00. The number of carbonyl (C=O) groups excluding carboxylic acids is 1. The average Bonchev–Trinajstić information content (AvgIpc) is 2.59. The van der Waals surface area contributed by atoms with Crippen molar-refractivity contribution in [2.45, 2.75) is 11.9 Å². The number of nitrogens with zero attached hydrogens (tertiary/aromatic N) is 3. The maximum absolute atomic E-state index is 11.9. The van der Waals surface area contributed by atoms with Crippen LogP contribution >= 0.6 is 11.8 Å². The first-order valence-corrected chi connectivity index (χ1v) is 8.70. The summed E-state index contributed by atoms with van der Waals surface area (Å²) in [6, 6.07) is 16.1. The standard InChI is InChI=1S/C19H19N3OS/c1-13-8-10-14(11-9-13)18-20-16-7-5-4-6-15(16)19(21-18)24-12-17(23)22(2)3/h4-11H,12H2,1-3H3. The second-order valence-electron chi connectivity index (χ2n) is 5.81. The first-order valence-electron chi connectivity index (χ1n) is 7.71. The molecule has 0 saturated carbocycles. The Bertz CT molecular complexity index is 875. The van der Waals surface area contributed by atoms with Gasteiger partial charge in [0.1, 0.15) is 5.03 Å². The molecule has 3 aromatic rings. The maximum atomic E-state index is 11.9. The summed E-state index contributed by atoms with van der Waals surface area (Å²) in [4.78, 5) is 22.9. The molecule has 0 saturated heterocycles. The second-order valence-corrected chi connectivity index (χ2v) is 6.78. The molecule has 0 atom stereocenters. The number of para-hydroxylation sites is 1. The fraction of sp³-hybridized carbons (Fsp3) is 0.211. The van der Waals surface area contributed by atoms with Crippen molar-refractivity contribution in [3.05, 3.63) is 54.1 Å². The normalized spacial score (nSPS) is 10.8. The summed E-state index contributed by atoms with van der Waals surface area (Å²) in [5.41, 5.74) is 3.07. The molecule has 1 aromatic heterocycles. The number of aryl methyl sites for hydroxylation is 1. The number of hydrogen-bond acceptors (Lipinski definition) is 4. The summed E-state index contributed by atoms with van der Waals surface area (Å²) in [5.74, 6) is 1.12. The van der Waals surface area contributed by atoms with Crippen LogP contribution in [0.5, 0.6) is 0 Å². The van der Waals surface area contributed by atoms with Crippen LogP contribution in [0, 0.1) is 6.92 Å². The van der Waals surface area contributed by atoms with Crippen LogP contribution in [-0.2, 0) is 4.79 Å². The van der Waals surface area contributed by atoms with Crippen LogP contribution in [0.4, 0.5) is 0 Å². The van der Waals surface area contributed by atoms with E-state index in [4.69, 9.17) is 4.98 Å². The van der Waals surface area contributed by atoms with Crippen LogP contribution in [0.1, 0.15) is 5.56 Å². The molecule has 1 heterocycles. The predicted molar refractivity (Wildman–Crippen MR) is 99.1 cm³/mol. The molecule has 0 aliphatic carbocycles. The van der Waals surface area contributed by atoms with Crippen molar-refractivity contribution < 1.29 is 4.79 Å². The minimum Gasteiger partial charge on any atom is -0.348 e. The third kappa shape index (κ3) is 3.57. The molecule has 0 bridgehead atoms. The number of hydrogen-bond donors (Lipinski definition) is 0. The quantitative estimate of drug-likeness (QED) is 0.537. The van der Waals surface area contributed by atoms with Crippen LogP contribution in [0.2, 0.25) is 0 Å². The molecule has 0 N–H and O–H groups in total. The van der Waals surface area contributed by atoms with Crippen LogP contribution in [0.25, 0.3) is 22.3 Å². The zero-order chi connectivity index (χ0) is 17.1. The van der Waals surface area contributed by atoms with Crippen molar-refractivity contribution in [2.24, 2.45) is 0 Å². The Hall–Kier alpha value is -2.40. The van der Waals surface area contributed by atoms with Crippen LogP contribution in [0.3, 0.4) is 0 Å². The highest BCUT2D eigenvalue weighted by Gasteiger charge is 2.12. The first kappa shape index (κ1) is 16.5. The van der Waals surface area contributed by atoms with E-state index in [1.54, 1.807) is 19.0 Å². The Kier molecular flexibility index (Phi) is 4.81. The number of amides is 1. The molecule has 0 unspecified atom stereocenters. The highest BCUT2D eigenvalue weighted by atomic mass is 32.2. The van der Waals surface area contributed by atoms with E-state index in [1.165, 1.54) is 17.3 Å². The zero-order valence-electron chi connectivity index (χ0n) is 14.0. The molecular weight excluding hydrogens is 318 g/mol. The van der Waals surface area contributed by atoms with Crippen molar-refractivity contribution in [3.63, 3.8) is 0 Å². The molecule has 0 radical (unpaired) electrons. The summed E-state index contributed by atoms with van der Waals surface area (Å²) < 4.78 is 0. The minimum atomic E-state index is 0.0691. The fourth-order valence-corrected chi connectivity index (χ4v) is 3.25. The molecule has 122 valence electrons. The molecule has 5 heteroatoms. The van der Waals surface area contributed by atoms with Crippen LogP contribution in [0.15, 0.2) is 53.6 Å². The molecule has 0 spiro atoms. The van der Waals surface area contributed by atoms with Gasteiger partial charge in [0.2, 0.25) is 5.91 Å². The highest BCUT2D eigenvalue weighted by Crippen LogP contribution is 2.28. The summed E-state index contributed by atoms with van der Waals surface area (Å²) in [6.45, 7) is 2.05. The maximum Gasteiger partial charge on any atom is 0.232 e. The smallest absolute Gasteiger partial charge is 0.232 e. The Balaban J connectivity index is 2.02. The fourth-order valence-electron chi connectivity index (χ4n) is 2.25. The van der Waals surface area contributed by atoms with E-state index < -0.39 is 0 Å². The van der Waals surface area contributed by atoms with Gasteiger partial charge in [0.15, 0.2) is 5.82 Å². The van der Waals surface area contributed by atoms with Crippen LogP contribution in [-0.4, -0.2) is 40.6 Å². The predicted octanol–water partition coefficient (Wildman–Crippen LogP) is 3.79. The topological polar surface area (TPSA) is 46.1 Å². The molecular formula is C19H19N3OS. The number of aromatic nitrogens is 2. The van der Waals surface area contributed by atoms with Gasteiger partial charge in [-0.15, -0.1) is 0 Å². The van der Waals surface area contributed by atoms with E-state index in [1.807, 2.05) is 36.4 Å². The Morgan fingerprint density at radius 3 is 2.46 bits per heavy atom. The summed E-state index contributed by atoms with van der Waals surface area (Å²) in [7, 11) is 3.53. The lowest BCUT2D eigenvalue weighted by Crippen LogP contribution is -2.23. The molecule has 4 nitrogen and oxygen atoms in total. The van der Waals surface area contributed by atoms with Crippen molar-refractivity contribution in [3.8, 4) is 11.4 Å². The Morgan fingerprint density at radius 2 is 1.75 bits per heavy atom. The summed E-state index contributed by atoms with van der Waals surface area (Å²) in [6.07, 6.45) is 0. The zero-order valence-corrected chi connectivity index (χ0v) is 14.8. The third-order valence-electron chi connectivity index (χ3n) is 3.71. The van der Waals surface area contributed by atoms with E-state index in [0.717, 1.165) is 21.5 Å². The second kappa shape index (κ2) is 7.01. The molecule has 3 rings (SSSR count). The van der Waals surface area contributed by atoms with Crippen molar-refractivity contribution in [1.29, 1.82) is 0 Å². The van der Waals surface area contributed by atoms with E-state index in [2.05, 4.69) is 24.0 Å². The van der Waals surface area contributed by atoms with Gasteiger partial charge in [-0.05, 0) is 13.0 Å². The van der Waals surface area contributed by atoms with Crippen LogP contribution < -0.4 is 0 Å². The lowest BCUT2D eigenvalue weighted by atomic mass is 10.1. The van der Waals surface area contributed by atoms with E-state index in [0.29, 0.717) is 11.6 Å². The van der Waals surface area contributed by atoms with Crippen molar-refractivity contribution in [1.82, 2.24) is 14.9 Å². The van der Waals surface area contributed by atoms with Crippen molar-refractivity contribution >= 4 is 28.6 Å². The van der Waals surface area contributed by atoms with E-state index >= 15 is 0 Å². The van der Waals surface area contributed by atoms with E-state index in [-0.39, 0.29) is 5.91 Å². The van der Waals surface area contributed by atoms with Gasteiger partial charge in [-0.3, -0.25) is 4.79 Å². The third-order valence-corrected chi connectivity index (χ3v) is 4.69. The number of benzene rings is 2. The largest absolute Gasteiger partial charge is 0.348 e. The van der Waals surface area contributed by atoms with Gasteiger partial charge < -0.3 is 4.90 Å². The number of fused-ring (bicyclic) bond motifs is 1. The Morgan fingerprint density at radius 1 is 1.04 bits per heavy atom. The lowest BCUT2D eigenvalue weighted by molar-refractivity contribution is -0.125. The molecule has 1 amide bonds. The molecule has 0 fully saturated rings. The van der Waals surface area contributed by atoms with Gasteiger partial charge in [-0.1, -0.05) is 59.8 Å². The van der Waals surface area contributed by atoms with Crippen molar-refractivity contribution in [2.75, 3.05) is 19.8 Å². The molecule has 0 aliphatic heterocycles. The lowest BCUT2D eigenvalue weighted by Gasteiger charge is -2.11. The van der Waals surface area contributed by atoms with Gasteiger partial charge in [-0.2, -0.15) is 0 Å². The SMILES string of the molecule is Cc1ccc(-c2nc(SCC(=O)N(C)C)c3ccccc3n2)cc1. The van der Waals surface area contributed by atoms with Gasteiger partial charge in [0, 0.05) is 25.0 Å². The van der Waals surface area contributed by atoms with E-state index in [9.17, 15) is 4.79 Å². The molecule has 24 heavy (non-hydrogen) atoms. The van der Waals surface area contributed by atoms with Gasteiger partial charge in [0.05, 0.1) is 11.3 Å². The first-order chi connectivity index (χ1) is 11.5. The average molecular weight is 337 g/mol. The van der Waals surface area contributed by atoms with Gasteiger partial charge in [-0.25, -0.2) is 9.97 Å². The minimum absolute atomic E-state index is 0.0691. The van der Waals surface area contributed by atoms with Gasteiger partial charge >= 0.3 is 0 Å².